The number of benzene rings is 2. The van der Waals surface area contributed by atoms with Gasteiger partial charge in [0.05, 0.1) is 12.0 Å². The maximum Gasteiger partial charge on any atom is 0.236 e. The largest absolute Gasteiger partial charge is 0.489 e. The fraction of sp³-hybridized carbons (Fsp3) is 0.118. The van der Waals surface area contributed by atoms with Gasteiger partial charge in [0.25, 0.3) is 0 Å². The minimum absolute atomic E-state index is 0.00520. The highest BCUT2D eigenvalue weighted by Gasteiger charge is 2.16. The Balaban J connectivity index is 1.70. The quantitative estimate of drug-likeness (QED) is 0.493. The van der Waals surface area contributed by atoms with E-state index in [2.05, 4.69) is 15.5 Å². The summed E-state index contributed by atoms with van der Waals surface area (Å²) in [4.78, 5) is 11.1. The third kappa shape index (κ3) is 4.42. The van der Waals surface area contributed by atoms with Crippen LogP contribution >= 0.6 is 11.8 Å². The van der Waals surface area contributed by atoms with Crippen LogP contribution < -0.4 is 10.1 Å². The van der Waals surface area contributed by atoms with Gasteiger partial charge in [0.15, 0.2) is 22.6 Å². The molecule has 5 nitrogen and oxygen atoms in total. The number of ether oxygens (including phenoxy) is 1. The van der Waals surface area contributed by atoms with Crippen LogP contribution in [0.1, 0.15) is 11.1 Å². The fourth-order valence-corrected chi connectivity index (χ4v) is 2.72. The number of halogens is 3. The van der Waals surface area contributed by atoms with Crippen LogP contribution in [-0.2, 0) is 11.4 Å². The Morgan fingerprint density at radius 1 is 1.19 bits per heavy atom. The number of hydrogen-bond donors (Lipinski definition) is 1. The normalized spacial score (nSPS) is 15.7. The summed E-state index contributed by atoms with van der Waals surface area (Å²) in [6.45, 7) is -0.00520. The third-order valence-electron chi connectivity index (χ3n) is 3.34. The van der Waals surface area contributed by atoms with Crippen molar-refractivity contribution >= 4 is 29.1 Å². The lowest BCUT2D eigenvalue weighted by Gasteiger charge is -2.09. The number of amides is 1. The standard InChI is InChI=1S/C17H12F3N3O2S/c18-13-5-12(6-14(19)16(13)20)25-8-11-4-2-1-3-10(11)7-21-23-17-22-15(24)9-26-17/h1-7H,8-9H2,(H,22,23,24). The molecule has 1 aliphatic heterocycles. The van der Waals surface area contributed by atoms with Gasteiger partial charge in [-0.1, -0.05) is 36.0 Å². The van der Waals surface area contributed by atoms with Crippen LogP contribution in [0.25, 0.3) is 0 Å². The molecule has 1 aliphatic rings. The Morgan fingerprint density at radius 3 is 2.62 bits per heavy atom. The summed E-state index contributed by atoms with van der Waals surface area (Å²) in [6, 6.07) is 8.61. The first kappa shape index (κ1) is 18.0. The van der Waals surface area contributed by atoms with Gasteiger partial charge in [0, 0.05) is 17.7 Å². The number of hydrogen-bond acceptors (Lipinski definition) is 5. The van der Waals surface area contributed by atoms with Gasteiger partial charge in [-0.25, -0.2) is 13.2 Å². The minimum Gasteiger partial charge on any atom is -0.489 e. The molecule has 0 unspecified atom stereocenters. The number of amidine groups is 1. The van der Waals surface area contributed by atoms with Crippen LogP contribution in [0.4, 0.5) is 13.2 Å². The van der Waals surface area contributed by atoms with Crippen molar-refractivity contribution in [1.29, 1.82) is 0 Å². The van der Waals surface area contributed by atoms with Crippen molar-refractivity contribution in [2.45, 2.75) is 6.61 Å². The first-order chi connectivity index (χ1) is 12.5. The molecule has 2 aromatic carbocycles. The Labute approximate surface area is 151 Å². The topological polar surface area (TPSA) is 63.0 Å². The van der Waals surface area contributed by atoms with E-state index in [1.165, 1.54) is 18.0 Å². The number of carbonyl (C=O) groups is 1. The maximum atomic E-state index is 13.2. The summed E-state index contributed by atoms with van der Waals surface area (Å²) in [7, 11) is 0. The van der Waals surface area contributed by atoms with Gasteiger partial charge < -0.3 is 10.1 Å². The molecule has 2 aromatic rings. The average Bonchev–Trinajstić information content (AvgIpc) is 3.04. The molecule has 1 N–H and O–H groups in total. The van der Waals surface area contributed by atoms with Crippen LogP contribution in [0.2, 0.25) is 0 Å². The molecule has 0 aromatic heterocycles. The van der Waals surface area contributed by atoms with E-state index in [0.29, 0.717) is 22.0 Å². The van der Waals surface area contributed by atoms with E-state index in [4.69, 9.17) is 4.74 Å². The van der Waals surface area contributed by atoms with E-state index < -0.39 is 17.5 Å². The summed E-state index contributed by atoms with van der Waals surface area (Å²) in [5, 5.41) is 10.8. The molecule has 1 heterocycles. The fourth-order valence-electron chi connectivity index (χ4n) is 2.09. The Morgan fingerprint density at radius 2 is 1.92 bits per heavy atom. The molecule has 9 heteroatoms. The van der Waals surface area contributed by atoms with E-state index >= 15 is 0 Å². The van der Waals surface area contributed by atoms with Crippen molar-refractivity contribution in [2.75, 3.05) is 5.75 Å². The zero-order valence-corrected chi connectivity index (χ0v) is 14.0. The first-order valence-electron chi connectivity index (χ1n) is 7.42. The maximum absolute atomic E-state index is 13.2. The number of carbonyl (C=O) groups excluding carboxylic acids is 1. The van der Waals surface area contributed by atoms with E-state index in [1.807, 2.05) is 0 Å². The highest BCUT2D eigenvalue weighted by Crippen LogP contribution is 2.21. The lowest BCUT2D eigenvalue weighted by molar-refractivity contribution is -0.116. The van der Waals surface area contributed by atoms with Gasteiger partial charge in [-0.05, 0) is 5.56 Å². The molecule has 0 radical (unpaired) electrons. The summed E-state index contributed by atoms with van der Waals surface area (Å²) in [5.74, 6) is -4.12. The zero-order valence-electron chi connectivity index (χ0n) is 13.2. The molecule has 0 aliphatic carbocycles. The predicted octanol–water partition coefficient (Wildman–Crippen LogP) is 3.24. The number of thioether (sulfide) groups is 1. The van der Waals surface area contributed by atoms with Crippen LogP contribution in [0, 0.1) is 17.5 Å². The second-order valence-corrected chi connectivity index (χ2v) is 6.14. The van der Waals surface area contributed by atoms with Crippen molar-refractivity contribution in [1.82, 2.24) is 5.32 Å². The van der Waals surface area contributed by atoms with Gasteiger partial charge in [-0.2, -0.15) is 5.10 Å². The SMILES string of the molecule is O=C1CSC(=NN=Cc2ccccc2COc2cc(F)c(F)c(F)c2)N1. The molecule has 0 saturated carbocycles. The molecule has 1 fully saturated rings. The Hall–Kier alpha value is -2.81. The number of rotatable bonds is 5. The number of nitrogens with zero attached hydrogens (tertiary/aromatic N) is 2. The molecular weight excluding hydrogens is 367 g/mol. The summed E-state index contributed by atoms with van der Waals surface area (Å²) in [6.07, 6.45) is 1.47. The van der Waals surface area contributed by atoms with Crippen molar-refractivity contribution < 1.29 is 22.7 Å². The van der Waals surface area contributed by atoms with E-state index in [9.17, 15) is 18.0 Å². The van der Waals surface area contributed by atoms with Gasteiger partial charge >= 0.3 is 0 Å². The molecule has 0 spiro atoms. The lowest BCUT2D eigenvalue weighted by atomic mass is 10.1. The predicted molar refractivity (Wildman–Crippen MR) is 92.7 cm³/mol. The Kier molecular flexibility index (Phi) is 5.57. The van der Waals surface area contributed by atoms with E-state index in [0.717, 1.165) is 12.1 Å². The van der Waals surface area contributed by atoms with Gasteiger partial charge in [0.2, 0.25) is 5.91 Å². The van der Waals surface area contributed by atoms with E-state index in [1.54, 1.807) is 24.3 Å². The van der Waals surface area contributed by atoms with Crippen LogP contribution in [0.15, 0.2) is 46.6 Å². The van der Waals surface area contributed by atoms with Crippen LogP contribution in [-0.4, -0.2) is 23.0 Å². The molecule has 1 saturated heterocycles. The van der Waals surface area contributed by atoms with Crippen molar-refractivity contribution in [3.05, 3.63) is 65.0 Å². The van der Waals surface area contributed by atoms with Crippen molar-refractivity contribution in [2.24, 2.45) is 10.2 Å². The van der Waals surface area contributed by atoms with Gasteiger partial charge in [-0.3, -0.25) is 4.79 Å². The molecule has 134 valence electrons. The Bertz CT molecular complexity index is 880. The second kappa shape index (κ2) is 8.05. The monoisotopic (exact) mass is 379 g/mol. The van der Waals surface area contributed by atoms with Crippen molar-refractivity contribution in [3.8, 4) is 5.75 Å². The minimum atomic E-state index is -1.54. The number of nitrogens with one attached hydrogen (secondary N) is 1. The summed E-state index contributed by atoms with van der Waals surface area (Å²) < 4.78 is 44.8. The van der Waals surface area contributed by atoms with Gasteiger partial charge in [-0.15, -0.1) is 5.10 Å². The first-order valence-corrected chi connectivity index (χ1v) is 8.40. The molecule has 0 atom stereocenters. The third-order valence-corrected chi connectivity index (χ3v) is 4.20. The average molecular weight is 379 g/mol. The van der Waals surface area contributed by atoms with E-state index in [-0.39, 0.29) is 18.3 Å². The molecule has 1 amide bonds. The highest BCUT2D eigenvalue weighted by atomic mass is 32.2. The molecular formula is C17H12F3N3O2S. The molecule has 0 bridgehead atoms. The molecule has 3 rings (SSSR count). The lowest BCUT2D eigenvalue weighted by Crippen LogP contribution is -2.19. The van der Waals surface area contributed by atoms with Crippen molar-refractivity contribution in [3.63, 3.8) is 0 Å². The second-order valence-electron chi connectivity index (χ2n) is 5.17. The molecule has 26 heavy (non-hydrogen) atoms. The van der Waals surface area contributed by atoms with Crippen LogP contribution in [0.3, 0.4) is 0 Å². The van der Waals surface area contributed by atoms with Gasteiger partial charge in [0.1, 0.15) is 12.4 Å². The van der Waals surface area contributed by atoms with Crippen LogP contribution in [0.5, 0.6) is 5.75 Å². The zero-order chi connectivity index (χ0) is 18.5. The smallest absolute Gasteiger partial charge is 0.236 e. The highest BCUT2D eigenvalue weighted by molar-refractivity contribution is 8.15. The summed E-state index contributed by atoms with van der Waals surface area (Å²) >= 11 is 1.25. The summed E-state index contributed by atoms with van der Waals surface area (Å²) in [5.41, 5.74) is 1.36.